The largest absolute Gasteiger partial charge is 0.468 e. The number of methoxy groups -OCH3 is 1. The molecule has 0 aromatic heterocycles. The fourth-order valence-corrected chi connectivity index (χ4v) is 1.57. The van der Waals surface area contributed by atoms with E-state index in [-0.39, 0.29) is 0 Å². The molecule has 0 saturated heterocycles. The van der Waals surface area contributed by atoms with Gasteiger partial charge in [-0.15, -0.1) is 0 Å². The van der Waals surface area contributed by atoms with Crippen LogP contribution in [0.1, 0.15) is 13.8 Å². The molecular formula is C12H12F5NO2. The summed E-state index contributed by atoms with van der Waals surface area (Å²) >= 11 is 0. The van der Waals surface area contributed by atoms with Gasteiger partial charge in [0.15, 0.2) is 23.3 Å². The molecule has 0 fully saturated rings. The molecule has 112 valence electrons. The molecular weight excluding hydrogens is 285 g/mol. The number of rotatable bonds is 4. The first-order chi connectivity index (χ1) is 9.22. The maximum absolute atomic E-state index is 13.7. The van der Waals surface area contributed by atoms with Gasteiger partial charge in [-0.1, -0.05) is 0 Å². The first-order valence-electron chi connectivity index (χ1n) is 5.57. The summed E-state index contributed by atoms with van der Waals surface area (Å²) in [6.07, 6.45) is 0. The minimum atomic E-state index is -2.24. The first-order valence-corrected chi connectivity index (χ1v) is 5.57. The Labute approximate surface area is 111 Å². The Bertz CT molecular complexity index is 504. The van der Waals surface area contributed by atoms with Crippen molar-refractivity contribution in [2.24, 2.45) is 0 Å². The zero-order chi connectivity index (χ0) is 15.6. The lowest BCUT2D eigenvalue weighted by molar-refractivity contribution is -0.139. The molecule has 0 heterocycles. The number of anilines is 1. The second-order valence-electron chi connectivity index (χ2n) is 4.22. The molecule has 0 aliphatic heterocycles. The molecule has 0 aliphatic carbocycles. The molecule has 0 spiro atoms. The third-order valence-corrected chi connectivity index (χ3v) is 2.62. The summed E-state index contributed by atoms with van der Waals surface area (Å²) < 4.78 is 70.9. The zero-order valence-corrected chi connectivity index (χ0v) is 10.9. The van der Waals surface area contributed by atoms with Gasteiger partial charge in [-0.25, -0.2) is 22.0 Å². The van der Waals surface area contributed by atoms with Gasteiger partial charge < -0.3 is 9.64 Å². The summed E-state index contributed by atoms with van der Waals surface area (Å²) in [6.45, 7) is 2.22. The maximum atomic E-state index is 13.7. The van der Waals surface area contributed by atoms with Crippen LogP contribution in [0.25, 0.3) is 0 Å². The topological polar surface area (TPSA) is 29.5 Å². The monoisotopic (exact) mass is 297 g/mol. The summed E-state index contributed by atoms with van der Waals surface area (Å²) in [4.78, 5) is 11.9. The summed E-state index contributed by atoms with van der Waals surface area (Å²) in [6, 6.07) is -0.692. The molecule has 0 N–H and O–H groups in total. The van der Waals surface area contributed by atoms with Gasteiger partial charge >= 0.3 is 5.97 Å². The number of esters is 1. The van der Waals surface area contributed by atoms with Crippen molar-refractivity contribution in [3.05, 3.63) is 29.1 Å². The molecule has 0 unspecified atom stereocenters. The van der Waals surface area contributed by atoms with Gasteiger partial charge in [0.25, 0.3) is 0 Å². The van der Waals surface area contributed by atoms with Crippen molar-refractivity contribution in [3.63, 3.8) is 0 Å². The summed E-state index contributed by atoms with van der Waals surface area (Å²) in [7, 11) is 1.04. The highest BCUT2D eigenvalue weighted by Crippen LogP contribution is 2.31. The van der Waals surface area contributed by atoms with Gasteiger partial charge in [0, 0.05) is 6.04 Å². The van der Waals surface area contributed by atoms with E-state index in [0.29, 0.717) is 0 Å². The van der Waals surface area contributed by atoms with E-state index in [0.717, 1.165) is 12.0 Å². The lowest BCUT2D eigenvalue weighted by Crippen LogP contribution is -2.38. The smallest absolute Gasteiger partial charge is 0.325 e. The summed E-state index contributed by atoms with van der Waals surface area (Å²) in [5, 5.41) is 0. The fourth-order valence-electron chi connectivity index (χ4n) is 1.57. The van der Waals surface area contributed by atoms with E-state index in [1.165, 1.54) is 13.8 Å². The van der Waals surface area contributed by atoms with Crippen LogP contribution in [-0.2, 0) is 9.53 Å². The molecule has 0 radical (unpaired) electrons. The number of hydrogen-bond donors (Lipinski definition) is 0. The van der Waals surface area contributed by atoms with Crippen LogP contribution in [0, 0.1) is 29.1 Å². The van der Waals surface area contributed by atoms with E-state index in [2.05, 4.69) is 4.74 Å². The molecule has 1 rings (SSSR count). The average Bonchev–Trinajstić information content (AvgIpc) is 2.41. The molecule has 0 amide bonds. The minimum Gasteiger partial charge on any atom is -0.468 e. The van der Waals surface area contributed by atoms with E-state index >= 15 is 0 Å². The van der Waals surface area contributed by atoms with Crippen LogP contribution in [-0.4, -0.2) is 25.7 Å². The molecule has 0 atom stereocenters. The number of halogens is 5. The molecule has 8 heteroatoms. The van der Waals surface area contributed by atoms with Crippen molar-refractivity contribution in [2.45, 2.75) is 19.9 Å². The number of carbonyl (C=O) groups is 1. The second kappa shape index (κ2) is 6.06. The molecule has 1 aromatic rings. The fraction of sp³-hybridized carbons (Fsp3) is 0.417. The van der Waals surface area contributed by atoms with Crippen LogP contribution in [0.3, 0.4) is 0 Å². The summed E-state index contributed by atoms with van der Waals surface area (Å²) in [5.74, 6) is -11.2. The first kappa shape index (κ1) is 16.2. The van der Waals surface area contributed by atoms with Gasteiger partial charge in [-0.2, -0.15) is 0 Å². The Morgan fingerprint density at radius 1 is 1.00 bits per heavy atom. The standard InChI is InChI=1S/C12H12F5NO2/c1-5(2)18(4-6(19)20-3)12-10(16)8(14)7(13)9(15)11(12)17/h5H,4H2,1-3H3. The highest BCUT2D eigenvalue weighted by atomic mass is 19.2. The third kappa shape index (κ3) is 2.83. The van der Waals surface area contributed by atoms with Crippen LogP contribution < -0.4 is 4.90 Å². The Kier molecular flexibility index (Phi) is 4.91. The van der Waals surface area contributed by atoms with Gasteiger partial charge in [-0.3, -0.25) is 4.79 Å². The van der Waals surface area contributed by atoms with Gasteiger partial charge in [0.2, 0.25) is 5.82 Å². The molecule has 20 heavy (non-hydrogen) atoms. The Morgan fingerprint density at radius 3 is 1.75 bits per heavy atom. The molecule has 0 bridgehead atoms. The Hall–Kier alpha value is -1.86. The normalized spacial score (nSPS) is 10.8. The van der Waals surface area contributed by atoms with Gasteiger partial charge in [0.05, 0.1) is 7.11 Å². The predicted molar refractivity (Wildman–Crippen MR) is 60.7 cm³/mol. The van der Waals surface area contributed by atoms with Crippen LogP contribution in [0.2, 0.25) is 0 Å². The highest BCUT2D eigenvalue weighted by Gasteiger charge is 2.31. The van der Waals surface area contributed by atoms with Crippen molar-refractivity contribution in [1.29, 1.82) is 0 Å². The lowest BCUT2D eigenvalue weighted by Gasteiger charge is -2.28. The SMILES string of the molecule is COC(=O)CN(c1c(F)c(F)c(F)c(F)c1F)C(C)C. The number of carbonyl (C=O) groups excluding carboxylic acids is 1. The van der Waals surface area contributed by atoms with Crippen molar-refractivity contribution >= 4 is 11.7 Å². The molecule has 1 aromatic carbocycles. The Morgan fingerprint density at radius 2 is 1.40 bits per heavy atom. The number of hydrogen-bond acceptors (Lipinski definition) is 3. The van der Waals surface area contributed by atoms with Gasteiger partial charge in [-0.05, 0) is 13.8 Å². The molecule has 3 nitrogen and oxygen atoms in total. The zero-order valence-electron chi connectivity index (χ0n) is 10.9. The molecule has 0 aliphatic rings. The summed E-state index contributed by atoms with van der Waals surface area (Å²) in [5.41, 5.74) is -1.15. The van der Waals surface area contributed by atoms with Crippen molar-refractivity contribution < 1.29 is 31.5 Å². The molecule has 0 saturated carbocycles. The third-order valence-electron chi connectivity index (χ3n) is 2.62. The van der Waals surface area contributed by atoms with Crippen LogP contribution in [0.4, 0.5) is 27.6 Å². The van der Waals surface area contributed by atoms with Gasteiger partial charge in [0.1, 0.15) is 12.2 Å². The average molecular weight is 297 g/mol. The minimum absolute atomic E-state index is 0.646. The quantitative estimate of drug-likeness (QED) is 0.370. The van der Waals surface area contributed by atoms with Crippen LogP contribution >= 0.6 is 0 Å². The lowest BCUT2D eigenvalue weighted by atomic mass is 10.2. The second-order valence-corrected chi connectivity index (χ2v) is 4.22. The van der Waals surface area contributed by atoms with E-state index in [9.17, 15) is 26.7 Å². The van der Waals surface area contributed by atoms with Crippen LogP contribution in [0.15, 0.2) is 0 Å². The van der Waals surface area contributed by atoms with E-state index < -0.39 is 53.3 Å². The Balaban J connectivity index is 3.45. The van der Waals surface area contributed by atoms with Crippen molar-refractivity contribution in [3.8, 4) is 0 Å². The van der Waals surface area contributed by atoms with Crippen LogP contribution in [0.5, 0.6) is 0 Å². The van der Waals surface area contributed by atoms with E-state index in [1.807, 2.05) is 0 Å². The number of benzene rings is 1. The number of ether oxygens (including phenoxy) is 1. The van der Waals surface area contributed by atoms with E-state index in [4.69, 9.17) is 0 Å². The number of nitrogens with zero attached hydrogens (tertiary/aromatic N) is 1. The van der Waals surface area contributed by atoms with E-state index in [1.54, 1.807) is 0 Å². The maximum Gasteiger partial charge on any atom is 0.325 e. The van der Waals surface area contributed by atoms with Crippen molar-refractivity contribution in [1.82, 2.24) is 0 Å². The predicted octanol–water partition coefficient (Wildman–Crippen LogP) is 2.77. The highest BCUT2D eigenvalue weighted by molar-refractivity contribution is 5.76. The van der Waals surface area contributed by atoms with Crippen molar-refractivity contribution in [2.75, 3.05) is 18.6 Å².